The number of ether oxygens (including phenoxy) is 2. The van der Waals surface area contributed by atoms with Crippen LogP contribution < -0.4 is 20.3 Å². The van der Waals surface area contributed by atoms with Crippen molar-refractivity contribution in [2.75, 3.05) is 33.3 Å². The molecule has 0 amide bonds. The van der Waals surface area contributed by atoms with Gasteiger partial charge in [-0.2, -0.15) is 0 Å². The summed E-state index contributed by atoms with van der Waals surface area (Å²) in [6.45, 7) is 3.23. The lowest BCUT2D eigenvalue weighted by atomic mass is 9.99. The summed E-state index contributed by atoms with van der Waals surface area (Å²) in [7, 11) is 2.14. The highest BCUT2D eigenvalue weighted by Crippen LogP contribution is 2.32. The lowest BCUT2D eigenvalue weighted by Crippen LogP contribution is -2.41. The van der Waals surface area contributed by atoms with Gasteiger partial charge in [0.05, 0.1) is 6.04 Å². The first-order chi connectivity index (χ1) is 13.8. The molecule has 28 heavy (non-hydrogen) atoms. The van der Waals surface area contributed by atoms with Crippen LogP contribution in [0.1, 0.15) is 11.8 Å². The van der Waals surface area contributed by atoms with Crippen LogP contribution in [0.25, 0.3) is 11.0 Å². The van der Waals surface area contributed by atoms with Gasteiger partial charge in [-0.3, -0.25) is 5.43 Å². The average Bonchev–Trinajstić information content (AvgIpc) is 3.34. The molecule has 2 aliphatic rings. The Bertz CT molecular complexity index is 924. The second-order valence-electron chi connectivity index (χ2n) is 7.67. The summed E-state index contributed by atoms with van der Waals surface area (Å²) in [6, 6.07) is 18.3. The van der Waals surface area contributed by atoms with Gasteiger partial charge in [-0.05, 0) is 31.3 Å². The zero-order valence-corrected chi connectivity index (χ0v) is 15.9. The normalized spacial score (nSPS) is 24.1. The van der Waals surface area contributed by atoms with Gasteiger partial charge in [0.1, 0.15) is 24.1 Å². The number of furan rings is 1. The van der Waals surface area contributed by atoms with E-state index in [0.717, 1.165) is 47.9 Å². The van der Waals surface area contributed by atoms with Crippen LogP contribution in [0.4, 0.5) is 0 Å². The number of rotatable bonds is 5. The monoisotopic (exact) mass is 379 g/mol. The summed E-state index contributed by atoms with van der Waals surface area (Å²) in [4.78, 5) is 2.32. The van der Waals surface area contributed by atoms with Crippen molar-refractivity contribution in [3.63, 3.8) is 0 Å². The average molecular weight is 379 g/mol. The highest BCUT2D eigenvalue weighted by molar-refractivity contribution is 5.77. The number of hydrogen-bond acceptors (Lipinski definition) is 6. The van der Waals surface area contributed by atoms with Crippen LogP contribution in [-0.4, -0.2) is 44.3 Å². The number of hydrazine groups is 1. The van der Waals surface area contributed by atoms with Crippen LogP contribution in [-0.2, 0) is 0 Å². The molecule has 2 aliphatic heterocycles. The Morgan fingerprint density at radius 2 is 1.86 bits per heavy atom. The molecule has 0 bridgehead atoms. The zero-order valence-electron chi connectivity index (χ0n) is 15.9. The fourth-order valence-electron chi connectivity index (χ4n) is 4.14. The maximum Gasteiger partial charge on any atom is 0.161 e. The predicted molar refractivity (Wildman–Crippen MR) is 107 cm³/mol. The van der Waals surface area contributed by atoms with Gasteiger partial charge < -0.3 is 18.8 Å². The Hall–Kier alpha value is -2.54. The van der Waals surface area contributed by atoms with Gasteiger partial charge in [0.25, 0.3) is 0 Å². The molecule has 0 saturated carbocycles. The number of nitrogens with one attached hydrogen (secondary N) is 2. The van der Waals surface area contributed by atoms with Crippen molar-refractivity contribution in [1.29, 1.82) is 0 Å². The second kappa shape index (κ2) is 7.47. The molecule has 5 rings (SSSR count). The Kier molecular flexibility index (Phi) is 4.68. The highest BCUT2D eigenvalue weighted by atomic mass is 16.6. The van der Waals surface area contributed by atoms with Crippen molar-refractivity contribution < 1.29 is 13.9 Å². The summed E-state index contributed by atoms with van der Waals surface area (Å²) in [5, 5.41) is 1.14. The first-order valence-corrected chi connectivity index (χ1v) is 9.80. The van der Waals surface area contributed by atoms with Crippen LogP contribution >= 0.6 is 0 Å². The van der Waals surface area contributed by atoms with Crippen LogP contribution in [0.3, 0.4) is 0 Å². The molecule has 1 fully saturated rings. The van der Waals surface area contributed by atoms with Crippen molar-refractivity contribution in [2.45, 2.75) is 12.1 Å². The van der Waals surface area contributed by atoms with E-state index in [4.69, 9.17) is 13.9 Å². The fraction of sp³-hybridized carbons (Fsp3) is 0.364. The third-order valence-corrected chi connectivity index (χ3v) is 5.47. The van der Waals surface area contributed by atoms with Gasteiger partial charge in [0.2, 0.25) is 0 Å². The number of hydrogen-bond donors (Lipinski definition) is 2. The molecule has 3 heterocycles. The topological polar surface area (TPSA) is 58.9 Å². The van der Waals surface area contributed by atoms with Gasteiger partial charge in [0, 0.05) is 30.9 Å². The Labute approximate surface area is 164 Å². The van der Waals surface area contributed by atoms with Gasteiger partial charge in [0.15, 0.2) is 11.5 Å². The van der Waals surface area contributed by atoms with E-state index in [-0.39, 0.29) is 12.1 Å². The summed E-state index contributed by atoms with van der Waals surface area (Å²) in [5.41, 5.74) is 7.61. The van der Waals surface area contributed by atoms with E-state index < -0.39 is 0 Å². The van der Waals surface area contributed by atoms with E-state index in [9.17, 15) is 0 Å². The number of likely N-dealkylation sites (N-methyl/N-ethyl adjacent to an activating group) is 1. The summed E-state index contributed by atoms with van der Waals surface area (Å²) in [5.74, 6) is 3.05. The number of benzene rings is 2. The van der Waals surface area contributed by atoms with E-state index in [0.29, 0.717) is 12.5 Å². The van der Waals surface area contributed by atoms with E-state index in [2.05, 4.69) is 34.9 Å². The van der Waals surface area contributed by atoms with E-state index in [1.807, 2.05) is 42.5 Å². The maximum atomic E-state index is 6.10. The molecule has 0 aliphatic carbocycles. The molecule has 1 saturated heterocycles. The standard InChI is InChI=1S/C22H25N3O3/c1-25(13-17-14-26-19-8-4-5-9-20(19)27-17)12-16-11-23-24-22(16)21-10-15-6-2-3-7-18(15)28-21/h2-10,16-17,22-24H,11-14H2,1H3. The Morgan fingerprint density at radius 3 is 2.75 bits per heavy atom. The third kappa shape index (κ3) is 3.46. The molecule has 6 heteroatoms. The molecule has 0 radical (unpaired) electrons. The first-order valence-electron chi connectivity index (χ1n) is 9.80. The minimum atomic E-state index is 0.0341. The molecule has 1 aromatic heterocycles. The summed E-state index contributed by atoms with van der Waals surface area (Å²) in [6.07, 6.45) is 0.0341. The molecule has 2 aromatic carbocycles. The Morgan fingerprint density at radius 1 is 1.04 bits per heavy atom. The van der Waals surface area contributed by atoms with Crippen LogP contribution in [0.15, 0.2) is 59.0 Å². The SMILES string of the molecule is CN(CC1COc2ccccc2O1)CC1CNNC1c1cc2ccccc2o1. The van der Waals surface area contributed by atoms with Crippen LogP contribution in [0, 0.1) is 5.92 Å². The van der Waals surface area contributed by atoms with Crippen molar-refractivity contribution >= 4 is 11.0 Å². The molecule has 3 atom stereocenters. The molecule has 2 N–H and O–H groups in total. The summed E-state index contributed by atoms with van der Waals surface area (Å²) < 4.78 is 18.0. The van der Waals surface area contributed by atoms with Gasteiger partial charge in [-0.1, -0.05) is 30.3 Å². The number of nitrogens with zero attached hydrogens (tertiary/aromatic N) is 1. The third-order valence-electron chi connectivity index (χ3n) is 5.47. The highest BCUT2D eigenvalue weighted by Gasteiger charge is 2.32. The van der Waals surface area contributed by atoms with Crippen LogP contribution in [0.5, 0.6) is 11.5 Å². The minimum Gasteiger partial charge on any atom is -0.486 e. The maximum absolute atomic E-state index is 6.10. The van der Waals surface area contributed by atoms with Crippen molar-refractivity contribution in [3.8, 4) is 11.5 Å². The molecule has 3 unspecified atom stereocenters. The lowest BCUT2D eigenvalue weighted by molar-refractivity contribution is 0.0613. The molecule has 3 aromatic rings. The number of para-hydroxylation sites is 3. The lowest BCUT2D eigenvalue weighted by Gasteiger charge is -2.31. The zero-order chi connectivity index (χ0) is 18.9. The molecule has 146 valence electrons. The van der Waals surface area contributed by atoms with Gasteiger partial charge in [-0.25, -0.2) is 5.43 Å². The molecule has 0 spiro atoms. The smallest absolute Gasteiger partial charge is 0.161 e. The predicted octanol–water partition coefficient (Wildman–Crippen LogP) is 2.97. The minimum absolute atomic E-state index is 0.0341. The van der Waals surface area contributed by atoms with Crippen molar-refractivity contribution in [3.05, 3.63) is 60.4 Å². The largest absolute Gasteiger partial charge is 0.486 e. The van der Waals surface area contributed by atoms with E-state index >= 15 is 0 Å². The van der Waals surface area contributed by atoms with E-state index in [1.165, 1.54) is 0 Å². The molecular weight excluding hydrogens is 354 g/mol. The Balaban J connectivity index is 1.22. The quantitative estimate of drug-likeness (QED) is 0.711. The first kappa shape index (κ1) is 17.6. The fourth-order valence-corrected chi connectivity index (χ4v) is 4.14. The van der Waals surface area contributed by atoms with Crippen molar-refractivity contribution in [2.24, 2.45) is 5.92 Å². The molecule has 6 nitrogen and oxygen atoms in total. The van der Waals surface area contributed by atoms with E-state index in [1.54, 1.807) is 0 Å². The van der Waals surface area contributed by atoms with Gasteiger partial charge >= 0.3 is 0 Å². The molecular formula is C22H25N3O3. The second-order valence-corrected chi connectivity index (χ2v) is 7.67. The number of fused-ring (bicyclic) bond motifs is 2. The van der Waals surface area contributed by atoms with Gasteiger partial charge in [-0.15, -0.1) is 0 Å². The summed E-state index contributed by atoms with van der Waals surface area (Å²) >= 11 is 0. The van der Waals surface area contributed by atoms with Crippen LogP contribution in [0.2, 0.25) is 0 Å². The van der Waals surface area contributed by atoms with Crippen molar-refractivity contribution in [1.82, 2.24) is 15.8 Å².